The van der Waals surface area contributed by atoms with Gasteiger partial charge < -0.3 is 19.8 Å². The molecule has 3 saturated heterocycles. The first-order chi connectivity index (χ1) is 18.1. The highest BCUT2D eigenvalue weighted by Gasteiger charge is 2.76. The van der Waals surface area contributed by atoms with Crippen LogP contribution in [0.3, 0.4) is 0 Å². The number of carbonyl (C=O) groups excluding carboxylic acids is 3. The number of aliphatic hydroxyl groups is 1. The minimum atomic E-state index is -0.723. The van der Waals surface area contributed by atoms with Gasteiger partial charge in [0.15, 0.2) is 0 Å². The number of rotatable bonds is 15. The highest BCUT2D eigenvalue weighted by Crippen LogP contribution is 2.68. The quantitative estimate of drug-likeness (QED) is 0.223. The molecule has 0 aromatic rings. The number of aliphatic hydroxyl groups excluding tert-OH is 1. The molecule has 0 aliphatic carbocycles. The van der Waals surface area contributed by atoms with E-state index in [9.17, 15) is 19.5 Å². The number of carbonyl (C=O) groups is 3. The van der Waals surface area contributed by atoms with Gasteiger partial charge in [-0.3, -0.25) is 14.4 Å². The van der Waals surface area contributed by atoms with Crippen molar-refractivity contribution < 1.29 is 19.5 Å². The van der Waals surface area contributed by atoms with Crippen LogP contribution in [-0.2, 0) is 14.4 Å². The van der Waals surface area contributed by atoms with Gasteiger partial charge in [0.05, 0.1) is 29.2 Å². The Morgan fingerprint density at radius 2 is 1.79 bits per heavy atom. The van der Waals surface area contributed by atoms with Gasteiger partial charge in [-0.05, 0) is 31.6 Å². The van der Waals surface area contributed by atoms with Crippen molar-refractivity contribution >= 4 is 45.4 Å². The second kappa shape index (κ2) is 13.4. The van der Waals surface area contributed by atoms with Gasteiger partial charge >= 0.3 is 0 Å². The van der Waals surface area contributed by atoms with E-state index in [1.807, 2.05) is 16.7 Å². The third-order valence-corrected chi connectivity index (χ3v) is 11.4. The first kappa shape index (κ1) is 31.2. The highest BCUT2D eigenvalue weighted by atomic mass is 79.9. The number of likely N-dealkylation sites (tertiary alicyclic amines) is 1. The van der Waals surface area contributed by atoms with Crippen molar-refractivity contribution in [2.45, 2.75) is 86.7 Å². The summed E-state index contributed by atoms with van der Waals surface area (Å²) in [5.74, 6) is -1.14. The first-order valence-electron chi connectivity index (χ1n) is 14.2. The van der Waals surface area contributed by atoms with Crippen LogP contribution >= 0.6 is 27.7 Å². The normalized spacial score (nSPS) is 30.4. The van der Waals surface area contributed by atoms with E-state index < -0.39 is 28.7 Å². The zero-order valence-electron chi connectivity index (χ0n) is 23.5. The zero-order valence-corrected chi connectivity index (χ0v) is 25.9. The molecule has 9 heteroatoms. The molecular formula is C29H46BrN3O4S. The second-order valence-electron chi connectivity index (χ2n) is 11.4. The summed E-state index contributed by atoms with van der Waals surface area (Å²) in [6, 6.07) is -1.20. The summed E-state index contributed by atoms with van der Waals surface area (Å²) in [4.78, 5) is 48.2. The lowest BCUT2D eigenvalue weighted by Gasteiger charge is -2.40. The number of unbranched alkanes of at least 4 members (excludes halogenated alkanes) is 1. The van der Waals surface area contributed by atoms with Crippen LogP contribution in [0.5, 0.6) is 0 Å². The van der Waals surface area contributed by atoms with E-state index in [2.05, 4.69) is 49.9 Å². The van der Waals surface area contributed by atoms with Gasteiger partial charge in [0.25, 0.3) is 0 Å². The van der Waals surface area contributed by atoms with Gasteiger partial charge in [-0.25, -0.2) is 0 Å². The molecule has 0 saturated carbocycles. The van der Waals surface area contributed by atoms with Gasteiger partial charge in [0.2, 0.25) is 17.7 Å². The predicted octanol–water partition coefficient (Wildman–Crippen LogP) is 4.10. The summed E-state index contributed by atoms with van der Waals surface area (Å²) in [5.41, 5.74) is 0. The molecule has 0 radical (unpaired) electrons. The molecule has 0 aromatic carbocycles. The molecule has 214 valence electrons. The maximum Gasteiger partial charge on any atom is 0.247 e. The van der Waals surface area contributed by atoms with E-state index in [1.165, 1.54) is 0 Å². The zero-order chi connectivity index (χ0) is 28.2. The van der Waals surface area contributed by atoms with Crippen LogP contribution < -0.4 is 0 Å². The predicted molar refractivity (Wildman–Crippen MR) is 158 cm³/mol. The van der Waals surface area contributed by atoms with Crippen LogP contribution in [0, 0.1) is 17.8 Å². The SMILES string of the molecule is C=CCN(CCCC)C(=O)C1N([C@@H](CO)CC(C)C)C(=O)[C@@H]2[C@@H](C(=O)N(CC=C)CCC)[C@@H]3SC12CC3Br. The molecule has 3 heterocycles. The number of halogens is 1. The molecule has 7 atom stereocenters. The summed E-state index contributed by atoms with van der Waals surface area (Å²) < 4.78 is -0.713. The summed E-state index contributed by atoms with van der Waals surface area (Å²) in [7, 11) is 0. The third-order valence-electron chi connectivity index (χ3n) is 8.19. The minimum Gasteiger partial charge on any atom is -0.394 e. The van der Waals surface area contributed by atoms with Crippen LogP contribution in [0.1, 0.15) is 59.8 Å². The lowest BCUT2D eigenvalue weighted by atomic mass is 9.70. The van der Waals surface area contributed by atoms with E-state index in [0.29, 0.717) is 39.0 Å². The summed E-state index contributed by atoms with van der Waals surface area (Å²) >= 11 is 5.51. The van der Waals surface area contributed by atoms with Crippen molar-refractivity contribution in [1.82, 2.24) is 14.7 Å². The molecule has 3 aliphatic heterocycles. The number of hydrogen-bond donors (Lipinski definition) is 1. The second-order valence-corrected chi connectivity index (χ2v) is 14.1. The molecule has 3 fully saturated rings. The van der Waals surface area contributed by atoms with Crippen molar-refractivity contribution in [2.75, 3.05) is 32.8 Å². The average molecular weight is 613 g/mol. The number of nitrogens with zero attached hydrogens (tertiary/aromatic N) is 3. The molecule has 2 bridgehead atoms. The van der Waals surface area contributed by atoms with E-state index in [0.717, 1.165) is 19.3 Å². The van der Waals surface area contributed by atoms with E-state index in [-0.39, 0.29) is 40.3 Å². The van der Waals surface area contributed by atoms with Gasteiger partial charge in [-0.1, -0.05) is 62.2 Å². The lowest BCUT2D eigenvalue weighted by Crippen LogP contribution is -2.58. The van der Waals surface area contributed by atoms with Crippen LogP contribution in [0.25, 0.3) is 0 Å². The Kier molecular flexibility index (Phi) is 11.0. The van der Waals surface area contributed by atoms with Crippen LogP contribution in [0.4, 0.5) is 0 Å². The Labute approximate surface area is 241 Å². The Morgan fingerprint density at radius 1 is 1.16 bits per heavy atom. The fourth-order valence-electron chi connectivity index (χ4n) is 6.74. The molecule has 7 nitrogen and oxygen atoms in total. The van der Waals surface area contributed by atoms with E-state index >= 15 is 0 Å². The van der Waals surface area contributed by atoms with Crippen molar-refractivity contribution in [1.29, 1.82) is 0 Å². The van der Waals surface area contributed by atoms with Crippen molar-refractivity contribution in [3.8, 4) is 0 Å². The van der Waals surface area contributed by atoms with Crippen molar-refractivity contribution in [3.05, 3.63) is 25.3 Å². The molecular weight excluding hydrogens is 566 g/mol. The summed E-state index contributed by atoms with van der Waals surface area (Å²) in [6.45, 7) is 17.8. The molecule has 3 amide bonds. The summed E-state index contributed by atoms with van der Waals surface area (Å²) in [5, 5.41) is 10.4. The smallest absolute Gasteiger partial charge is 0.247 e. The number of alkyl halides is 1. The Bertz CT molecular complexity index is 901. The average Bonchev–Trinajstić information content (AvgIpc) is 3.47. The molecule has 3 aliphatic rings. The van der Waals surface area contributed by atoms with Crippen molar-refractivity contribution in [2.24, 2.45) is 17.8 Å². The highest BCUT2D eigenvalue weighted by molar-refractivity contribution is 9.09. The Morgan fingerprint density at radius 3 is 2.32 bits per heavy atom. The molecule has 0 aromatic heterocycles. The molecule has 3 unspecified atom stereocenters. The largest absolute Gasteiger partial charge is 0.394 e. The number of thioether (sulfide) groups is 1. The number of amides is 3. The maximum atomic E-state index is 14.4. The third kappa shape index (κ3) is 5.62. The van der Waals surface area contributed by atoms with E-state index in [4.69, 9.17) is 0 Å². The monoisotopic (exact) mass is 611 g/mol. The van der Waals surface area contributed by atoms with Gasteiger partial charge in [-0.15, -0.1) is 24.9 Å². The van der Waals surface area contributed by atoms with Crippen molar-refractivity contribution in [3.63, 3.8) is 0 Å². The van der Waals surface area contributed by atoms with Crippen LogP contribution in [0.2, 0.25) is 0 Å². The summed E-state index contributed by atoms with van der Waals surface area (Å²) in [6.07, 6.45) is 7.32. The van der Waals surface area contributed by atoms with Gasteiger partial charge in [0.1, 0.15) is 6.04 Å². The topological polar surface area (TPSA) is 81.2 Å². The van der Waals surface area contributed by atoms with E-state index in [1.54, 1.807) is 28.8 Å². The molecule has 38 heavy (non-hydrogen) atoms. The first-order valence-corrected chi connectivity index (χ1v) is 16.0. The minimum absolute atomic E-state index is 0.0223. The molecule has 3 rings (SSSR count). The fourth-order valence-corrected chi connectivity index (χ4v) is 10.3. The Hall–Kier alpha value is -1.32. The lowest BCUT2D eigenvalue weighted by molar-refractivity contribution is -0.147. The van der Waals surface area contributed by atoms with Gasteiger partial charge in [-0.2, -0.15) is 0 Å². The van der Waals surface area contributed by atoms with Crippen LogP contribution in [-0.4, -0.2) is 97.2 Å². The standard InChI is InChI=1S/C29H46BrN3O4S/c1-7-11-15-32(14-10-4)28(37)25-29-17-21(30)24(38-29)22(26(35)31(12-8-2)13-9-3)23(29)27(36)33(25)20(18-34)16-19(5)6/h8,10,19-25,34H,2,4,7,9,11-18H2,1,3,5-6H3/t20-,21?,22-,23+,24-,25?,29?/m1/s1. The Balaban J connectivity index is 2.12. The van der Waals surface area contributed by atoms with Gasteiger partial charge in [0, 0.05) is 36.3 Å². The number of hydrogen-bond acceptors (Lipinski definition) is 5. The maximum absolute atomic E-state index is 14.4. The van der Waals surface area contributed by atoms with Crippen LogP contribution in [0.15, 0.2) is 25.3 Å². The molecule has 1 N–H and O–H groups in total. The molecule has 1 spiro atoms. The number of fused-ring (bicyclic) bond motifs is 1. The fraction of sp³-hybridized carbons (Fsp3) is 0.759.